The van der Waals surface area contributed by atoms with Gasteiger partial charge in [-0.15, -0.1) is 0 Å². The number of nitrogens with zero attached hydrogens (tertiary/aromatic N) is 1. The molecule has 19 heavy (non-hydrogen) atoms. The molecule has 1 aromatic carbocycles. The average Bonchev–Trinajstić information content (AvgIpc) is 2.47. The molecule has 1 aliphatic rings. The van der Waals surface area contributed by atoms with Gasteiger partial charge in [0.05, 0.1) is 19.8 Å². The molecular formula is C15H24N2O2. The van der Waals surface area contributed by atoms with Gasteiger partial charge in [0.25, 0.3) is 0 Å². The van der Waals surface area contributed by atoms with Crippen molar-refractivity contribution in [2.24, 2.45) is 0 Å². The SMILES string of the molecule is COCC(C)NCc1ccc(N2CCOCC2)cc1. The molecule has 4 heteroatoms. The zero-order valence-corrected chi connectivity index (χ0v) is 11.9. The number of nitrogens with one attached hydrogen (secondary N) is 1. The van der Waals surface area contributed by atoms with Crippen LogP contribution in [-0.2, 0) is 16.0 Å². The molecule has 1 unspecified atom stereocenters. The molecule has 0 radical (unpaired) electrons. The van der Waals surface area contributed by atoms with E-state index < -0.39 is 0 Å². The molecule has 0 spiro atoms. The van der Waals surface area contributed by atoms with Crippen LogP contribution in [0.4, 0.5) is 5.69 Å². The molecule has 1 saturated heterocycles. The lowest BCUT2D eigenvalue weighted by Gasteiger charge is -2.29. The predicted molar refractivity (Wildman–Crippen MR) is 77.7 cm³/mol. The van der Waals surface area contributed by atoms with Crippen LogP contribution in [0.2, 0.25) is 0 Å². The first-order valence-corrected chi connectivity index (χ1v) is 6.93. The van der Waals surface area contributed by atoms with Crippen LogP contribution >= 0.6 is 0 Å². The molecule has 1 atom stereocenters. The maximum Gasteiger partial charge on any atom is 0.0642 e. The van der Waals surface area contributed by atoms with E-state index in [9.17, 15) is 0 Å². The average molecular weight is 264 g/mol. The van der Waals surface area contributed by atoms with Crippen LogP contribution in [0.5, 0.6) is 0 Å². The molecule has 1 aliphatic heterocycles. The number of hydrogen-bond donors (Lipinski definition) is 1. The number of rotatable bonds is 6. The lowest BCUT2D eigenvalue weighted by molar-refractivity contribution is 0.122. The highest BCUT2D eigenvalue weighted by Gasteiger charge is 2.10. The number of methoxy groups -OCH3 is 1. The van der Waals surface area contributed by atoms with E-state index in [1.54, 1.807) is 7.11 Å². The number of benzene rings is 1. The maximum atomic E-state index is 5.37. The van der Waals surface area contributed by atoms with Crippen molar-refractivity contribution in [3.63, 3.8) is 0 Å². The van der Waals surface area contributed by atoms with Crippen molar-refractivity contribution >= 4 is 5.69 Å². The third-order valence-electron chi connectivity index (χ3n) is 3.38. The summed E-state index contributed by atoms with van der Waals surface area (Å²) in [5, 5.41) is 3.44. The van der Waals surface area contributed by atoms with Gasteiger partial charge in [0, 0.05) is 38.5 Å². The van der Waals surface area contributed by atoms with Crippen LogP contribution in [0.1, 0.15) is 12.5 Å². The highest BCUT2D eigenvalue weighted by Crippen LogP contribution is 2.16. The molecule has 1 fully saturated rings. The normalized spacial score (nSPS) is 17.5. The fourth-order valence-corrected chi connectivity index (χ4v) is 2.25. The summed E-state index contributed by atoms with van der Waals surface area (Å²) in [4.78, 5) is 2.37. The highest BCUT2D eigenvalue weighted by molar-refractivity contribution is 5.47. The quantitative estimate of drug-likeness (QED) is 0.847. The number of anilines is 1. The summed E-state index contributed by atoms with van der Waals surface area (Å²) in [7, 11) is 1.73. The largest absolute Gasteiger partial charge is 0.383 e. The van der Waals surface area contributed by atoms with E-state index in [1.165, 1.54) is 11.3 Å². The standard InChI is InChI=1S/C15H24N2O2/c1-13(12-18-2)16-11-14-3-5-15(6-4-14)17-7-9-19-10-8-17/h3-6,13,16H,7-12H2,1-2H3. The van der Waals surface area contributed by atoms with E-state index in [2.05, 4.69) is 41.4 Å². The summed E-state index contributed by atoms with van der Waals surface area (Å²) < 4.78 is 10.5. The van der Waals surface area contributed by atoms with E-state index in [-0.39, 0.29) is 0 Å². The van der Waals surface area contributed by atoms with Crippen molar-refractivity contribution in [3.05, 3.63) is 29.8 Å². The monoisotopic (exact) mass is 264 g/mol. The summed E-state index contributed by atoms with van der Waals surface area (Å²) in [6.45, 7) is 7.39. The second-order valence-corrected chi connectivity index (χ2v) is 5.00. The lowest BCUT2D eigenvalue weighted by atomic mass is 10.2. The number of morpholine rings is 1. The second-order valence-electron chi connectivity index (χ2n) is 5.00. The van der Waals surface area contributed by atoms with Crippen LogP contribution in [-0.4, -0.2) is 46.1 Å². The molecule has 1 heterocycles. The van der Waals surface area contributed by atoms with E-state index >= 15 is 0 Å². The molecule has 0 aromatic heterocycles. The van der Waals surface area contributed by atoms with E-state index in [1.807, 2.05) is 0 Å². The topological polar surface area (TPSA) is 33.7 Å². The van der Waals surface area contributed by atoms with Crippen LogP contribution in [0.25, 0.3) is 0 Å². The summed E-state index contributed by atoms with van der Waals surface area (Å²) in [5.74, 6) is 0. The smallest absolute Gasteiger partial charge is 0.0642 e. The molecule has 0 aliphatic carbocycles. The third-order valence-corrected chi connectivity index (χ3v) is 3.38. The first-order chi connectivity index (χ1) is 9.29. The van der Waals surface area contributed by atoms with Crippen molar-refractivity contribution in [1.29, 1.82) is 0 Å². The molecule has 1 N–H and O–H groups in total. The van der Waals surface area contributed by atoms with Crippen molar-refractivity contribution in [2.75, 3.05) is 44.9 Å². The molecule has 4 nitrogen and oxygen atoms in total. The molecule has 0 bridgehead atoms. The molecule has 2 rings (SSSR count). The van der Waals surface area contributed by atoms with Gasteiger partial charge < -0.3 is 19.7 Å². The van der Waals surface area contributed by atoms with Crippen molar-refractivity contribution in [3.8, 4) is 0 Å². The third kappa shape index (κ3) is 4.49. The van der Waals surface area contributed by atoms with Crippen LogP contribution < -0.4 is 10.2 Å². The van der Waals surface area contributed by atoms with Crippen molar-refractivity contribution in [1.82, 2.24) is 5.32 Å². The Hall–Kier alpha value is -1.10. The van der Waals surface area contributed by atoms with Gasteiger partial charge in [-0.05, 0) is 24.6 Å². The van der Waals surface area contributed by atoms with Gasteiger partial charge in [-0.1, -0.05) is 12.1 Å². The fourth-order valence-electron chi connectivity index (χ4n) is 2.25. The van der Waals surface area contributed by atoms with Crippen LogP contribution in [0, 0.1) is 0 Å². The predicted octanol–water partition coefficient (Wildman–Crippen LogP) is 1.65. The van der Waals surface area contributed by atoms with Crippen LogP contribution in [0.15, 0.2) is 24.3 Å². The summed E-state index contributed by atoms with van der Waals surface area (Å²) in [5.41, 5.74) is 2.59. The zero-order chi connectivity index (χ0) is 13.5. The van der Waals surface area contributed by atoms with Gasteiger partial charge in [0.15, 0.2) is 0 Å². The van der Waals surface area contributed by atoms with Crippen molar-refractivity contribution in [2.45, 2.75) is 19.5 Å². The summed E-state index contributed by atoms with van der Waals surface area (Å²) >= 11 is 0. The van der Waals surface area contributed by atoms with Gasteiger partial charge >= 0.3 is 0 Å². The Balaban J connectivity index is 1.83. The van der Waals surface area contributed by atoms with E-state index in [0.29, 0.717) is 6.04 Å². The van der Waals surface area contributed by atoms with Gasteiger partial charge in [0.2, 0.25) is 0 Å². The lowest BCUT2D eigenvalue weighted by Crippen LogP contribution is -2.36. The molecule has 0 saturated carbocycles. The Bertz CT molecular complexity index is 361. The highest BCUT2D eigenvalue weighted by atomic mass is 16.5. The number of hydrogen-bond acceptors (Lipinski definition) is 4. The summed E-state index contributed by atoms with van der Waals surface area (Å²) in [6.07, 6.45) is 0. The Morgan fingerprint density at radius 2 is 1.95 bits per heavy atom. The minimum atomic E-state index is 0.379. The first kappa shape index (κ1) is 14.3. The molecule has 0 amide bonds. The van der Waals surface area contributed by atoms with Gasteiger partial charge in [-0.3, -0.25) is 0 Å². The van der Waals surface area contributed by atoms with E-state index in [4.69, 9.17) is 9.47 Å². The maximum absolute atomic E-state index is 5.37. The Morgan fingerprint density at radius 3 is 2.58 bits per heavy atom. The second kappa shape index (κ2) is 7.48. The zero-order valence-electron chi connectivity index (χ0n) is 11.9. The van der Waals surface area contributed by atoms with Gasteiger partial charge in [-0.2, -0.15) is 0 Å². The molecule has 1 aromatic rings. The molecule has 106 valence electrons. The van der Waals surface area contributed by atoms with E-state index in [0.717, 1.165) is 39.5 Å². The van der Waals surface area contributed by atoms with Crippen molar-refractivity contribution < 1.29 is 9.47 Å². The molecular weight excluding hydrogens is 240 g/mol. The fraction of sp³-hybridized carbons (Fsp3) is 0.600. The first-order valence-electron chi connectivity index (χ1n) is 6.93. The Morgan fingerprint density at radius 1 is 1.26 bits per heavy atom. The number of ether oxygens (including phenoxy) is 2. The van der Waals surface area contributed by atoms with Crippen LogP contribution in [0.3, 0.4) is 0 Å². The Labute approximate surface area is 115 Å². The van der Waals surface area contributed by atoms with Gasteiger partial charge in [-0.25, -0.2) is 0 Å². The summed E-state index contributed by atoms with van der Waals surface area (Å²) in [6, 6.07) is 9.16. The Kier molecular flexibility index (Phi) is 5.63. The minimum Gasteiger partial charge on any atom is -0.383 e. The van der Waals surface area contributed by atoms with Gasteiger partial charge in [0.1, 0.15) is 0 Å². The minimum absolute atomic E-state index is 0.379.